The number of benzene rings is 1. The Balaban J connectivity index is 1.66. The molecule has 0 atom stereocenters. The molecule has 124 valence electrons. The summed E-state index contributed by atoms with van der Waals surface area (Å²) >= 11 is 6.08. The highest BCUT2D eigenvalue weighted by molar-refractivity contribution is 6.30. The van der Waals surface area contributed by atoms with E-state index in [0.29, 0.717) is 6.54 Å². The van der Waals surface area contributed by atoms with E-state index in [1.54, 1.807) is 6.33 Å². The number of piperazine rings is 1. The lowest BCUT2D eigenvalue weighted by Crippen LogP contribution is -2.44. The number of fused-ring (bicyclic) bond motifs is 1. The first kappa shape index (κ1) is 15.4. The molecule has 0 spiro atoms. The number of nitrogens with zero attached hydrogens (tertiary/aromatic N) is 6. The van der Waals surface area contributed by atoms with Crippen LogP contribution in [0.3, 0.4) is 0 Å². The summed E-state index contributed by atoms with van der Waals surface area (Å²) in [4.78, 5) is 13.6. The Bertz CT molecular complexity index is 853. The molecule has 1 aliphatic heterocycles. The molecule has 2 aromatic heterocycles. The van der Waals surface area contributed by atoms with E-state index in [0.717, 1.165) is 53.6 Å². The predicted octanol–water partition coefficient (Wildman–Crippen LogP) is 2.28. The molecular formula is C17H19ClN6. The first-order valence-corrected chi connectivity index (χ1v) is 8.43. The Morgan fingerprint density at radius 2 is 1.96 bits per heavy atom. The van der Waals surface area contributed by atoms with Crippen LogP contribution in [0.1, 0.15) is 5.56 Å². The summed E-state index contributed by atoms with van der Waals surface area (Å²) < 4.78 is 1.91. The van der Waals surface area contributed by atoms with Crippen molar-refractivity contribution in [3.8, 4) is 0 Å². The largest absolute Gasteiger partial charge is 0.353 e. The Morgan fingerprint density at radius 3 is 2.75 bits per heavy atom. The minimum Gasteiger partial charge on any atom is -0.353 e. The van der Waals surface area contributed by atoms with Gasteiger partial charge in [0.05, 0.1) is 18.1 Å². The average molecular weight is 343 g/mol. The van der Waals surface area contributed by atoms with Crippen molar-refractivity contribution >= 4 is 28.5 Å². The van der Waals surface area contributed by atoms with E-state index in [9.17, 15) is 0 Å². The van der Waals surface area contributed by atoms with Crippen LogP contribution in [0.4, 0.5) is 5.82 Å². The third kappa shape index (κ3) is 2.95. The molecule has 1 saturated heterocycles. The Hall–Kier alpha value is -2.18. The zero-order valence-corrected chi connectivity index (χ0v) is 14.3. The monoisotopic (exact) mass is 342 g/mol. The third-order valence-electron chi connectivity index (χ3n) is 4.44. The molecule has 0 radical (unpaired) electrons. The van der Waals surface area contributed by atoms with Crippen LogP contribution >= 0.6 is 11.6 Å². The number of rotatable bonds is 3. The van der Waals surface area contributed by atoms with Crippen LogP contribution in [-0.2, 0) is 6.54 Å². The SMILES string of the molecule is CN1CCN(c2ncnc3c2cnn3Cc2cccc(Cl)c2)CC1. The van der Waals surface area contributed by atoms with Gasteiger partial charge in [-0.15, -0.1) is 0 Å². The van der Waals surface area contributed by atoms with Crippen molar-refractivity contribution in [2.45, 2.75) is 6.54 Å². The number of hydrogen-bond donors (Lipinski definition) is 0. The summed E-state index contributed by atoms with van der Waals surface area (Å²) in [6, 6.07) is 7.83. The number of halogens is 1. The molecule has 0 unspecified atom stereocenters. The summed E-state index contributed by atoms with van der Waals surface area (Å²) in [6.45, 7) is 4.68. The van der Waals surface area contributed by atoms with E-state index in [-0.39, 0.29) is 0 Å². The van der Waals surface area contributed by atoms with Gasteiger partial charge in [-0.05, 0) is 24.7 Å². The second-order valence-electron chi connectivity index (χ2n) is 6.16. The minimum absolute atomic E-state index is 0.642. The lowest BCUT2D eigenvalue weighted by molar-refractivity contribution is 0.312. The molecule has 1 aromatic carbocycles. The van der Waals surface area contributed by atoms with E-state index >= 15 is 0 Å². The molecule has 3 aromatic rings. The van der Waals surface area contributed by atoms with Gasteiger partial charge in [-0.3, -0.25) is 0 Å². The van der Waals surface area contributed by atoms with E-state index in [4.69, 9.17) is 11.6 Å². The molecule has 24 heavy (non-hydrogen) atoms. The van der Waals surface area contributed by atoms with Gasteiger partial charge in [0.15, 0.2) is 5.65 Å². The topological polar surface area (TPSA) is 50.1 Å². The molecule has 4 rings (SSSR count). The second kappa shape index (κ2) is 6.37. The number of aromatic nitrogens is 4. The van der Waals surface area contributed by atoms with E-state index in [1.807, 2.05) is 35.1 Å². The first-order valence-electron chi connectivity index (χ1n) is 8.05. The fourth-order valence-corrected chi connectivity index (χ4v) is 3.29. The van der Waals surface area contributed by atoms with Crippen LogP contribution in [0.2, 0.25) is 5.02 Å². The Labute approximate surface area is 145 Å². The summed E-state index contributed by atoms with van der Waals surface area (Å²) in [5, 5.41) is 6.26. The third-order valence-corrected chi connectivity index (χ3v) is 4.67. The van der Waals surface area contributed by atoms with Gasteiger partial charge in [-0.1, -0.05) is 23.7 Å². The molecule has 0 N–H and O–H groups in total. The van der Waals surface area contributed by atoms with Crippen molar-refractivity contribution in [2.24, 2.45) is 0 Å². The van der Waals surface area contributed by atoms with Crippen molar-refractivity contribution in [3.63, 3.8) is 0 Å². The Kier molecular flexibility index (Phi) is 4.08. The van der Waals surface area contributed by atoms with E-state index < -0.39 is 0 Å². The molecule has 1 aliphatic rings. The van der Waals surface area contributed by atoms with Crippen LogP contribution in [-0.4, -0.2) is 57.9 Å². The smallest absolute Gasteiger partial charge is 0.163 e. The fourth-order valence-electron chi connectivity index (χ4n) is 3.07. The standard InChI is InChI=1S/C17H19ClN6/c1-22-5-7-23(8-6-22)16-15-10-21-24(17(15)20-12-19-16)11-13-3-2-4-14(18)9-13/h2-4,9-10,12H,5-8,11H2,1H3. The van der Waals surface area contributed by atoms with Gasteiger partial charge in [-0.2, -0.15) is 5.10 Å². The van der Waals surface area contributed by atoms with Gasteiger partial charge in [0.2, 0.25) is 0 Å². The number of likely N-dealkylation sites (N-methyl/N-ethyl adjacent to an activating group) is 1. The van der Waals surface area contributed by atoms with Gasteiger partial charge in [-0.25, -0.2) is 14.6 Å². The molecule has 0 amide bonds. The average Bonchev–Trinajstić information content (AvgIpc) is 2.99. The Morgan fingerprint density at radius 1 is 1.12 bits per heavy atom. The summed E-state index contributed by atoms with van der Waals surface area (Å²) in [6.07, 6.45) is 3.50. The van der Waals surface area contributed by atoms with E-state index in [1.165, 1.54) is 0 Å². The van der Waals surface area contributed by atoms with Crippen molar-refractivity contribution in [1.82, 2.24) is 24.6 Å². The van der Waals surface area contributed by atoms with Gasteiger partial charge < -0.3 is 9.80 Å². The van der Waals surface area contributed by atoms with Crippen molar-refractivity contribution in [1.29, 1.82) is 0 Å². The molecule has 0 aliphatic carbocycles. The summed E-state index contributed by atoms with van der Waals surface area (Å²) in [5.74, 6) is 0.977. The highest BCUT2D eigenvalue weighted by Crippen LogP contribution is 2.24. The predicted molar refractivity (Wildman–Crippen MR) is 95.6 cm³/mol. The lowest BCUT2D eigenvalue weighted by Gasteiger charge is -2.33. The highest BCUT2D eigenvalue weighted by atomic mass is 35.5. The minimum atomic E-state index is 0.642. The molecule has 0 saturated carbocycles. The van der Waals surface area contributed by atoms with Gasteiger partial charge in [0, 0.05) is 31.2 Å². The van der Waals surface area contributed by atoms with Gasteiger partial charge in [0.25, 0.3) is 0 Å². The molecule has 0 bridgehead atoms. The fraction of sp³-hybridized carbons (Fsp3) is 0.353. The second-order valence-corrected chi connectivity index (χ2v) is 6.59. The van der Waals surface area contributed by atoms with Crippen LogP contribution in [0.5, 0.6) is 0 Å². The zero-order chi connectivity index (χ0) is 16.5. The van der Waals surface area contributed by atoms with Gasteiger partial charge in [0.1, 0.15) is 12.1 Å². The molecular weight excluding hydrogens is 324 g/mol. The maximum Gasteiger partial charge on any atom is 0.163 e. The van der Waals surface area contributed by atoms with Crippen LogP contribution in [0, 0.1) is 0 Å². The maximum absolute atomic E-state index is 6.08. The first-order chi connectivity index (χ1) is 11.7. The maximum atomic E-state index is 6.08. The lowest BCUT2D eigenvalue weighted by atomic mass is 10.2. The van der Waals surface area contributed by atoms with Crippen LogP contribution in [0.15, 0.2) is 36.8 Å². The summed E-state index contributed by atoms with van der Waals surface area (Å²) in [7, 11) is 2.15. The highest BCUT2D eigenvalue weighted by Gasteiger charge is 2.19. The summed E-state index contributed by atoms with van der Waals surface area (Å²) in [5.41, 5.74) is 1.96. The van der Waals surface area contributed by atoms with Crippen molar-refractivity contribution in [2.75, 3.05) is 38.1 Å². The number of hydrogen-bond acceptors (Lipinski definition) is 5. The molecule has 1 fully saturated rings. The molecule has 6 nitrogen and oxygen atoms in total. The molecule has 7 heteroatoms. The van der Waals surface area contributed by atoms with Crippen LogP contribution < -0.4 is 4.90 Å². The van der Waals surface area contributed by atoms with Crippen molar-refractivity contribution < 1.29 is 0 Å². The zero-order valence-electron chi connectivity index (χ0n) is 13.6. The normalized spacial score (nSPS) is 16.0. The van der Waals surface area contributed by atoms with Crippen molar-refractivity contribution in [3.05, 3.63) is 47.4 Å². The molecule has 3 heterocycles. The van der Waals surface area contributed by atoms with Crippen LogP contribution in [0.25, 0.3) is 11.0 Å². The number of anilines is 1. The van der Waals surface area contributed by atoms with E-state index in [2.05, 4.69) is 31.9 Å². The quantitative estimate of drug-likeness (QED) is 0.731. The van der Waals surface area contributed by atoms with Gasteiger partial charge >= 0.3 is 0 Å².